The van der Waals surface area contributed by atoms with Crippen LogP contribution in [0.15, 0.2) is 64.6 Å². The van der Waals surface area contributed by atoms with Crippen LogP contribution >= 0.6 is 27.5 Å². The number of amides is 4. The van der Waals surface area contributed by atoms with Gasteiger partial charge in [0.25, 0.3) is 11.8 Å². The highest BCUT2D eigenvalue weighted by Gasteiger charge is 2.39. The number of benzene rings is 3. The Morgan fingerprint density at radius 1 is 1.00 bits per heavy atom. The number of hydrogen-bond acceptors (Lipinski definition) is 4. The maximum atomic E-state index is 13.2. The number of nitrogens with one attached hydrogen (secondary N) is 1. The van der Waals surface area contributed by atoms with Crippen molar-refractivity contribution in [3.8, 4) is 5.75 Å². The Bertz CT molecular complexity index is 1480. The number of anilines is 1. The molecule has 3 aromatic rings. The number of hydrogen-bond donors (Lipinski definition) is 1. The van der Waals surface area contributed by atoms with Crippen molar-refractivity contribution >= 4 is 57.1 Å². The Morgan fingerprint density at radius 2 is 1.68 bits per heavy atom. The number of ether oxygens (including phenoxy) is 1. The van der Waals surface area contributed by atoms with E-state index < -0.39 is 40.8 Å². The van der Waals surface area contributed by atoms with Gasteiger partial charge in [-0.3, -0.25) is 14.9 Å². The molecule has 0 spiro atoms. The number of carbonyl (C=O) groups excluding carboxylic acids is 3. The van der Waals surface area contributed by atoms with Crippen LogP contribution in [0.2, 0.25) is 5.02 Å². The standard InChI is InChI=1S/C27H19BrClF3N2O4/c1-14-7-15(2)9-17(8-14)13-38-23-6-3-16(11-20(23)28)10-19-24(35)33-26(37)34(25(19)36)22-12-18(27(30,31)32)4-5-21(22)29/h3-12H,13H2,1-2H3,(H,33,35,37)/b19-10-. The van der Waals surface area contributed by atoms with Crippen LogP contribution in [0.4, 0.5) is 23.7 Å². The zero-order chi connectivity index (χ0) is 27.8. The third-order valence-electron chi connectivity index (χ3n) is 5.56. The van der Waals surface area contributed by atoms with E-state index in [1.165, 1.54) is 6.08 Å². The van der Waals surface area contributed by atoms with Gasteiger partial charge < -0.3 is 4.74 Å². The second-order valence-electron chi connectivity index (χ2n) is 8.60. The molecule has 0 bridgehead atoms. The molecule has 4 rings (SSSR count). The van der Waals surface area contributed by atoms with Crippen molar-refractivity contribution < 1.29 is 32.3 Å². The van der Waals surface area contributed by atoms with Gasteiger partial charge in [0.1, 0.15) is 17.9 Å². The van der Waals surface area contributed by atoms with Gasteiger partial charge in [0.2, 0.25) is 0 Å². The minimum Gasteiger partial charge on any atom is -0.488 e. The molecular formula is C27H19BrClF3N2O4. The molecule has 0 unspecified atom stereocenters. The summed E-state index contributed by atoms with van der Waals surface area (Å²) in [6, 6.07) is 11.9. The summed E-state index contributed by atoms with van der Waals surface area (Å²) in [6.07, 6.45) is -3.52. The number of urea groups is 1. The predicted molar refractivity (Wildman–Crippen MR) is 140 cm³/mol. The van der Waals surface area contributed by atoms with Crippen LogP contribution < -0.4 is 15.0 Å². The Morgan fingerprint density at radius 3 is 2.32 bits per heavy atom. The molecule has 196 valence electrons. The molecule has 1 saturated heterocycles. The first-order chi connectivity index (χ1) is 17.8. The van der Waals surface area contributed by atoms with Gasteiger partial charge in [-0.1, -0.05) is 47.0 Å². The molecule has 0 saturated carbocycles. The van der Waals surface area contributed by atoms with Gasteiger partial charge in [0.15, 0.2) is 0 Å². The Hall–Kier alpha value is -3.63. The fourth-order valence-electron chi connectivity index (χ4n) is 3.94. The molecule has 3 aromatic carbocycles. The van der Waals surface area contributed by atoms with E-state index >= 15 is 0 Å². The van der Waals surface area contributed by atoms with Crippen molar-refractivity contribution in [2.75, 3.05) is 4.90 Å². The second kappa shape index (κ2) is 10.6. The largest absolute Gasteiger partial charge is 0.488 e. The average molecular weight is 608 g/mol. The van der Waals surface area contributed by atoms with Crippen molar-refractivity contribution in [3.63, 3.8) is 0 Å². The van der Waals surface area contributed by atoms with Crippen LogP contribution in [-0.2, 0) is 22.4 Å². The maximum Gasteiger partial charge on any atom is 0.416 e. The van der Waals surface area contributed by atoms with Crippen LogP contribution in [0.3, 0.4) is 0 Å². The van der Waals surface area contributed by atoms with Gasteiger partial charge in [-0.2, -0.15) is 13.2 Å². The van der Waals surface area contributed by atoms with Crippen molar-refractivity contribution in [1.29, 1.82) is 0 Å². The van der Waals surface area contributed by atoms with E-state index in [1.54, 1.807) is 18.2 Å². The third-order valence-corrected chi connectivity index (χ3v) is 6.50. The molecule has 0 aliphatic carbocycles. The van der Waals surface area contributed by atoms with E-state index in [0.29, 0.717) is 33.4 Å². The highest BCUT2D eigenvalue weighted by Crippen LogP contribution is 2.37. The highest BCUT2D eigenvalue weighted by molar-refractivity contribution is 9.10. The molecule has 11 heteroatoms. The maximum absolute atomic E-state index is 13.2. The molecule has 1 fully saturated rings. The Kier molecular flexibility index (Phi) is 7.66. The Labute approximate surface area is 229 Å². The number of imide groups is 2. The van der Waals surface area contributed by atoms with E-state index in [4.69, 9.17) is 16.3 Å². The number of halogens is 5. The molecule has 1 N–H and O–H groups in total. The first-order valence-corrected chi connectivity index (χ1v) is 12.3. The summed E-state index contributed by atoms with van der Waals surface area (Å²) in [7, 11) is 0. The third kappa shape index (κ3) is 5.92. The molecule has 4 amide bonds. The van der Waals surface area contributed by atoms with Crippen LogP contribution in [0, 0.1) is 13.8 Å². The topological polar surface area (TPSA) is 75.7 Å². The SMILES string of the molecule is Cc1cc(C)cc(COc2ccc(/C=C3/C(=O)NC(=O)N(c4cc(C(F)(F)F)ccc4Cl)C3=O)cc2Br)c1. The van der Waals surface area contributed by atoms with E-state index in [9.17, 15) is 27.6 Å². The first kappa shape index (κ1) is 27.4. The minimum atomic E-state index is -4.74. The highest BCUT2D eigenvalue weighted by atomic mass is 79.9. The summed E-state index contributed by atoms with van der Waals surface area (Å²) >= 11 is 9.43. The van der Waals surface area contributed by atoms with E-state index in [1.807, 2.05) is 31.3 Å². The molecule has 1 aliphatic rings. The summed E-state index contributed by atoms with van der Waals surface area (Å²) in [5.74, 6) is -1.60. The second-order valence-corrected chi connectivity index (χ2v) is 9.86. The molecule has 38 heavy (non-hydrogen) atoms. The summed E-state index contributed by atoms with van der Waals surface area (Å²) in [5.41, 5.74) is 1.53. The average Bonchev–Trinajstić information content (AvgIpc) is 2.81. The summed E-state index contributed by atoms with van der Waals surface area (Å²) in [4.78, 5) is 38.4. The van der Waals surface area contributed by atoms with Crippen LogP contribution in [-0.4, -0.2) is 17.8 Å². The zero-order valence-corrected chi connectivity index (χ0v) is 22.3. The van der Waals surface area contributed by atoms with Crippen LogP contribution in [0.1, 0.15) is 27.8 Å². The van der Waals surface area contributed by atoms with Crippen LogP contribution in [0.5, 0.6) is 5.75 Å². The number of carbonyl (C=O) groups is 3. The van der Waals surface area contributed by atoms with Crippen LogP contribution in [0.25, 0.3) is 6.08 Å². The fraction of sp³-hybridized carbons (Fsp3) is 0.148. The predicted octanol–water partition coefficient (Wildman–Crippen LogP) is 6.98. The number of barbiturate groups is 1. The van der Waals surface area contributed by atoms with Gasteiger partial charge in [0.05, 0.1) is 20.7 Å². The molecule has 0 radical (unpaired) electrons. The number of alkyl halides is 3. The summed E-state index contributed by atoms with van der Waals surface area (Å²) in [5, 5.41) is 1.70. The smallest absolute Gasteiger partial charge is 0.416 e. The molecular weight excluding hydrogens is 589 g/mol. The van der Waals surface area contributed by atoms with Crippen molar-refractivity contribution in [2.45, 2.75) is 26.6 Å². The van der Waals surface area contributed by atoms with Gasteiger partial charge in [-0.25, -0.2) is 9.69 Å². The minimum absolute atomic E-state index is 0.275. The number of rotatable bonds is 5. The van der Waals surface area contributed by atoms with E-state index in [2.05, 4.69) is 22.0 Å². The lowest BCUT2D eigenvalue weighted by Crippen LogP contribution is -2.54. The Balaban J connectivity index is 1.61. The number of aryl methyl sites for hydroxylation is 2. The molecule has 1 heterocycles. The lowest BCUT2D eigenvalue weighted by molar-refractivity contribution is -0.137. The van der Waals surface area contributed by atoms with Crippen molar-refractivity contribution in [2.24, 2.45) is 0 Å². The van der Waals surface area contributed by atoms with Crippen molar-refractivity contribution in [1.82, 2.24) is 5.32 Å². The summed E-state index contributed by atoms with van der Waals surface area (Å²) < 4.78 is 46.1. The fourth-order valence-corrected chi connectivity index (χ4v) is 4.65. The molecule has 0 aromatic heterocycles. The monoisotopic (exact) mass is 606 g/mol. The van der Waals surface area contributed by atoms with Crippen molar-refractivity contribution in [3.05, 3.63) is 97.5 Å². The van der Waals surface area contributed by atoms with Gasteiger partial charge >= 0.3 is 12.2 Å². The molecule has 1 aliphatic heterocycles. The quantitative estimate of drug-likeness (QED) is 0.251. The van der Waals surface area contributed by atoms with E-state index in [0.717, 1.165) is 28.8 Å². The van der Waals surface area contributed by atoms with Gasteiger partial charge in [0, 0.05) is 0 Å². The van der Waals surface area contributed by atoms with Gasteiger partial charge in [-0.15, -0.1) is 0 Å². The zero-order valence-electron chi connectivity index (χ0n) is 20.0. The van der Waals surface area contributed by atoms with Gasteiger partial charge in [-0.05, 0) is 77.3 Å². The normalized spacial score (nSPS) is 15.2. The lowest BCUT2D eigenvalue weighted by atomic mass is 10.1. The molecule has 6 nitrogen and oxygen atoms in total. The first-order valence-electron chi connectivity index (χ1n) is 11.1. The summed E-state index contributed by atoms with van der Waals surface area (Å²) in [6.45, 7) is 4.30. The molecule has 0 atom stereocenters. The lowest BCUT2D eigenvalue weighted by Gasteiger charge is -2.27. The van der Waals surface area contributed by atoms with E-state index in [-0.39, 0.29) is 5.02 Å². The number of nitrogens with zero attached hydrogens (tertiary/aromatic N) is 1.